The van der Waals surface area contributed by atoms with Gasteiger partial charge in [-0.05, 0) is 49.9 Å². The van der Waals surface area contributed by atoms with Gasteiger partial charge in [-0.15, -0.1) is 0 Å². The van der Waals surface area contributed by atoms with Crippen LogP contribution in [-0.4, -0.2) is 6.10 Å². The van der Waals surface area contributed by atoms with Crippen LogP contribution in [0.4, 0.5) is 0 Å². The summed E-state index contributed by atoms with van der Waals surface area (Å²) < 4.78 is 5.48. The molecular formula is C12H16O. The third-order valence-electron chi connectivity index (χ3n) is 2.90. The molecule has 1 aliphatic rings. The summed E-state index contributed by atoms with van der Waals surface area (Å²) in [5.41, 5.74) is 5.46. The van der Waals surface area contributed by atoms with Gasteiger partial charge in [-0.25, -0.2) is 0 Å². The van der Waals surface area contributed by atoms with Crippen LogP contribution in [0.15, 0.2) is 12.1 Å². The minimum atomic E-state index is 0.360. The van der Waals surface area contributed by atoms with E-state index in [-0.39, 0.29) is 0 Å². The molecule has 2 unspecified atom stereocenters. The fourth-order valence-corrected chi connectivity index (χ4v) is 1.80. The van der Waals surface area contributed by atoms with Crippen molar-refractivity contribution in [3.05, 3.63) is 34.4 Å². The minimum absolute atomic E-state index is 0.360. The highest BCUT2D eigenvalue weighted by Gasteiger charge is 2.36. The van der Waals surface area contributed by atoms with Crippen LogP contribution in [0.5, 0.6) is 0 Å². The second-order valence-corrected chi connectivity index (χ2v) is 4.05. The van der Waals surface area contributed by atoms with Gasteiger partial charge in [0.05, 0.1) is 6.10 Å². The molecule has 0 bridgehead atoms. The quantitative estimate of drug-likeness (QED) is 0.599. The fourth-order valence-electron chi connectivity index (χ4n) is 1.80. The van der Waals surface area contributed by atoms with Gasteiger partial charge in [0.25, 0.3) is 0 Å². The Balaban J connectivity index is 2.41. The van der Waals surface area contributed by atoms with E-state index >= 15 is 0 Å². The molecular weight excluding hydrogens is 160 g/mol. The first-order valence-electron chi connectivity index (χ1n) is 4.83. The lowest BCUT2D eigenvalue weighted by atomic mass is 9.98. The Morgan fingerprint density at radius 1 is 1.00 bits per heavy atom. The summed E-state index contributed by atoms with van der Waals surface area (Å²) in [5, 5.41) is 0. The molecule has 1 saturated heterocycles. The van der Waals surface area contributed by atoms with E-state index in [0.717, 1.165) is 0 Å². The lowest BCUT2D eigenvalue weighted by Crippen LogP contribution is -1.92. The predicted octanol–water partition coefficient (Wildman–Crippen LogP) is 3.07. The first kappa shape index (κ1) is 8.76. The smallest absolute Gasteiger partial charge is 0.109 e. The van der Waals surface area contributed by atoms with Crippen LogP contribution in [0.3, 0.4) is 0 Å². The Morgan fingerprint density at radius 2 is 1.54 bits per heavy atom. The van der Waals surface area contributed by atoms with E-state index in [4.69, 9.17) is 4.74 Å². The highest BCUT2D eigenvalue weighted by Crippen LogP contribution is 2.40. The summed E-state index contributed by atoms with van der Waals surface area (Å²) in [6, 6.07) is 4.51. The first-order valence-corrected chi connectivity index (χ1v) is 4.83. The molecule has 1 aliphatic heterocycles. The second-order valence-electron chi connectivity index (χ2n) is 4.05. The Morgan fingerprint density at radius 3 is 2.08 bits per heavy atom. The molecule has 0 aromatic heterocycles. The monoisotopic (exact) mass is 176 g/mol. The van der Waals surface area contributed by atoms with Crippen molar-refractivity contribution in [2.75, 3.05) is 0 Å². The number of epoxide rings is 1. The van der Waals surface area contributed by atoms with Crippen LogP contribution in [0.25, 0.3) is 0 Å². The number of benzene rings is 1. The van der Waals surface area contributed by atoms with E-state index in [1.807, 2.05) is 0 Å². The summed E-state index contributed by atoms with van der Waals surface area (Å²) in [4.78, 5) is 0. The van der Waals surface area contributed by atoms with Crippen molar-refractivity contribution in [1.82, 2.24) is 0 Å². The summed E-state index contributed by atoms with van der Waals surface area (Å²) in [7, 11) is 0. The van der Waals surface area contributed by atoms with Gasteiger partial charge in [-0.3, -0.25) is 0 Å². The van der Waals surface area contributed by atoms with Crippen LogP contribution in [-0.2, 0) is 4.74 Å². The zero-order valence-electron chi connectivity index (χ0n) is 8.72. The highest BCUT2D eigenvalue weighted by molar-refractivity contribution is 5.39. The fraction of sp³-hybridized carbons (Fsp3) is 0.500. The third-order valence-corrected chi connectivity index (χ3v) is 2.90. The largest absolute Gasteiger partial charge is 0.365 e. The maximum Gasteiger partial charge on any atom is 0.109 e. The first-order chi connectivity index (χ1) is 6.09. The van der Waals surface area contributed by atoms with Crippen molar-refractivity contribution in [3.63, 3.8) is 0 Å². The molecule has 13 heavy (non-hydrogen) atoms. The summed E-state index contributed by atoms with van der Waals surface area (Å²) in [6.45, 7) is 8.60. The summed E-state index contributed by atoms with van der Waals surface area (Å²) in [5.74, 6) is 0. The van der Waals surface area contributed by atoms with Crippen LogP contribution in [0, 0.1) is 20.8 Å². The van der Waals surface area contributed by atoms with Crippen molar-refractivity contribution < 1.29 is 4.74 Å². The summed E-state index contributed by atoms with van der Waals surface area (Å²) in [6.07, 6.45) is 0.778. The van der Waals surface area contributed by atoms with Crippen molar-refractivity contribution >= 4 is 0 Å². The molecule has 0 aliphatic carbocycles. The lowest BCUT2D eigenvalue weighted by molar-refractivity contribution is 0.382. The van der Waals surface area contributed by atoms with E-state index < -0.39 is 0 Å². The number of rotatable bonds is 1. The van der Waals surface area contributed by atoms with E-state index in [9.17, 15) is 0 Å². The van der Waals surface area contributed by atoms with Gasteiger partial charge < -0.3 is 4.74 Å². The molecule has 1 heteroatoms. The topological polar surface area (TPSA) is 12.5 Å². The molecule has 0 N–H and O–H groups in total. The van der Waals surface area contributed by atoms with Crippen molar-refractivity contribution in [1.29, 1.82) is 0 Å². The van der Waals surface area contributed by atoms with E-state index in [1.165, 1.54) is 22.3 Å². The average molecular weight is 176 g/mol. The molecule has 2 rings (SSSR count). The van der Waals surface area contributed by atoms with Gasteiger partial charge in [-0.1, -0.05) is 12.1 Å². The lowest BCUT2D eigenvalue weighted by Gasteiger charge is -2.07. The second kappa shape index (κ2) is 2.85. The molecule has 0 saturated carbocycles. The van der Waals surface area contributed by atoms with E-state index in [0.29, 0.717) is 12.2 Å². The molecule has 70 valence electrons. The maximum absolute atomic E-state index is 5.48. The average Bonchev–Trinajstić information content (AvgIpc) is 2.75. The van der Waals surface area contributed by atoms with Crippen molar-refractivity contribution in [2.45, 2.75) is 39.9 Å². The number of ether oxygens (including phenoxy) is 1. The van der Waals surface area contributed by atoms with Crippen molar-refractivity contribution in [3.8, 4) is 0 Å². The van der Waals surface area contributed by atoms with E-state index in [1.54, 1.807) is 0 Å². The van der Waals surface area contributed by atoms with E-state index in [2.05, 4.69) is 39.8 Å². The molecule has 1 aromatic rings. The molecule has 1 fully saturated rings. The molecule has 1 aromatic carbocycles. The highest BCUT2D eigenvalue weighted by atomic mass is 16.6. The van der Waals surface area contributed by atoms with Gasteiger partial charge in [-0.2, -0.15) is 0 Å². The molecule has 0 radical (unpaired) electrons. The van der Waals surface area contributed by atoms with Crippen molar-refractivity contribution in [2.24, 2.45) is 0 Å². The predicted molar refractivity (Wildman–Crippen MR) is 53.9 cm³/mol. The summed E-state index contributed by atoms with van der Waals surface area (Å²) >= 11 is 0. The molecule has 1 heterocycles. The minimum Gasteiger partial charge on any atom is -0.365 e. The normalized spacial score (nSPS) is 26.2. The zero-order valence-corrected chi connectivity index (χ0v) is 8.72. The third kappa shape index (κ3) is 1.49. The Hall–Kier alpha value is -0.820. The van der Waals surface area contributed by atoms with Gasteiger partial charge in [0.15, 0.2) is 0 Å². The van der Waals surface area contributed by atoms with Gasteiger partial charge in [0.2, 0.25) is 0 Å². The number of hydrogen-bond acceptors (Lipinski definition) is 1. The number of hydrogen-bond donors (Lipinski definition) is 0. The Labute approximate surface area is 79.7 Å². The van der Waals surface area contributed by atoms with Crippen LogP contribution >= 0.6 is 0 Å². The van der Waals surface area contributed by atoms with Crippen LogP contribution in [0.2, 0.25) is 0 Å². The SMILES string of the molecule is Cc1cc(C)c(C2OC2C)cc1C. The Kier molecular flexibility index (Phi) is 1.92. The molecule has 0 spiro atoms. The maximum atomic E-state index is 5.48. The molecule has 0 amide bonds. The Bertz CT molecular complexity index is 341. The molecule has 2 atom stereocenters. The molecule has 1 nitrogen and oxygen atoms in total. The van der Waals surface area contributed by atoms with Crippen LogP contribution in [0.1, 0.15) is 35.3 Å². The van der Waals surface area contributed by atoms with Gasteiger partial charge in [0, 0.05) is 0 Å². The van der Waals surface area contributed by atoms with Crippen LogP contribution < -0.4 is 0 Å². The standard InChI is InChI=1S/C12H16O/c1-7-5-9(3)11(6-8(7)2)12-10(4)13-12/h5-6,10,12H,1-4H3. The zero-order chi connectivity index (χ0) is 9.59. The van der Waals surface area contributed by atoms with Gasteiger partial charge >= 0.3 is 0 Å². The van der Waals surface area contributed by atoms with Gasteiger partial charge in [0.1, 0.15) is 6.10 Å². The number of aryl methyl sites for hydroxylation is 3.